The monoisotopic (exact) mass is 162 g/mol. The van der Waals surface area contributed by atoms with Crippen LogP contribution in [0, 0.1) is 0 Å². The quantitative estimate of drug-likeness (QED) is 0.565. The molecule has 1 aromatic rings. The second kappa shape index (κ2) is 3.77. The maximum absolute atomic E-state index is 5.63. The molecule has 0 aliphatic heterocycles. The standard InChI is InChI=1S/C6H5ClS.H2O/c7-5-3-1-2-4-6(5)8;/h1-4,8H;1H2. The third kappa shape index (κ3) is 2.26. The van der Waals surface area contributed by atoms with Gasteiger partial charge in [0.05, 0.1) is 5.02 Å². The molecule has 0 spiro atoms. The third-order valence-electron chi connectivity index (χ3n) is 0.852. The van der Waals surface area contributed by atoms with E-state index in [0.29, 0.717) is 5.02 Å². The maximum Gasteiger partial charge on any atom is 0.0539 e. The zero-order chi connectivity index (χ0) is 5.98. The lowest BCUT2D eigenvalue weighted by Crippen LogP contribution is -1.63. The van der Waals surface area contributed by atoms with Crippen molar-refractivity contribution >= 4 is 24.2 Å². The molecule has 1 nitrogen and oxygen atoms in total. The van der Waals surface area contributed by atoms with Crippen LogP contribution in [0.1, 0.15) is 0 Å². The molecule has 0 atom stereocenters. The number of hydrogen-bond acceptors (Lipinski definition) is 1. The Morgan fingerprint density at radius 3 is 2.11 bits per heavy atom. The lowest BCUT2D eigenvalue weighted by molar-refractivity contribution is 0.824. The Balaban J connectivity index is 0.000000640. The van der Waals surface area contributed by atoms with E-state index >= 15 is 0 Å². The van der Waals surface area contributed by atoms with Crippen molar-refractivity contribution in [3.63, 3.8) is 0 Å². The van der Waals surface area contributed by atoms with Crippen LogP contribution in [0.5, 0.6) is 0 Å². The van der Waals surface area contributed by atoms with E-state index in [1.807, 2.05) is 24.3 Å². The summed E-state index contributed by atoms with van der Waals surface area (Å²) in [5.74, 6) is 0. The van der Waals surface area contributed by atoms with E-state index < -0.39 is 0 Å². The lowest BCUT2D eigenvalue weighted by atomic mass is 10.4. The number of benzene rings is 1. The van der Waals surface area contributed by atoms with Gasteiger partial charge in [0.25, 0.3) is 0 Å². The molecule has 0 heterocycles. The summed E-state index contributed by atoms with van der Waals surface area (Å²) >= 11 is 9.70. The van der Waals surface area contributed by atoms with E-state index in [1.54, 1.807) is 0 Å². The van der Waals surface area contributed by atoms with Gasteiger partial charge >= 0.3 is 0 Å². The smallest absolute Gasteiger partial charge is 0.0539 e. The summed E-state index contributed by atoms with van der Waals surface area (Å²) in [7, 11) is 0. The minimum absolute atomic E-state index is 0. The molecule has 0 aromatic heterocycles. The van der Waals surface area contributed by atoms with Gasteiger partial charge in [-0.15, -0.1) is 12.6 Å². The molecular weight excluding hydrogens is 156 g/mol. The summed E-state index contributed by atoms with van der Waals surface area (Å²) in [6.45, 7) is 0. The van der Waals surface area contributed by atoms with E-state index in [2.05, 4.69) is 12.6 Å². The molecule has 0 aliphatic rings. The molecule has 3 heteroatoms. The van der Waals surface area contributed by atoms with Crippen LogP contribution in [0.4, 0.5) is 0 Å². The molecule has 1 rings (SSSR count). The fourth-order valence-corrected chi connectivity index (χ4v) is 0.748. The van der Waals surface area contributed by atoms with Crippen LogP contribution in [0.2, 0.25) is 5.02 Å². The predicted octanol–water partition coefficient (Wildman–Crippen LogP) is 1.80. The summed E-state index contributed by atoms with van der Waals surface area (Å²) in [5.41, 5.74) is 0. The van der Waals surface area contributed by atoms with Gasteiger partial charge < -0.3 is 5.48 Å². The number of thiol groups is 1. The molecule has 0 aliphatic carbocycles. The van der Waals surface area contributed by atoms with Crippen molar-refractivity contribution in [1.82, 2.24) is 0 Å². The Labute approximate surface area is 64.4 Å². The van der Waals surface area contributed by atoms with Gasteiger partial charge in [0, 0.05) is 4.90 Å². The molecule has 9 heavy (non-hydrogen) atoms. The van der Waals surface area contributed by atoms with Crippen molar-refractivity contribution in [2.45, 2.75) is 4.90 Å². The van der Waals surface area contributed by atoms with E-state index in [1.165, 1.54) is 0 Å². The van der Waals surface area contributed by atoms with Crippen LogP contribution >= 0.6 is 24.2 Å². The highest BCUT2D eigenvalue weighted by molar-refractivity contribution is 7.80. The molecule has 0 saturated heterocycles. The second-order valence-electron chi connectivity index (χ2n) is 1.45. The Hall–Kier alpha value is -0.180. The fourth-order valence-electron chi connectivity index (χ4n) is 0.452. The first-order chi connectivity index (χ1) is 3.80. The van der Waals surface area contributed by atoms with Gasteiger partial charge in [-0.25, -0.2) is 0 Å². The molecule has 0 amide bonds. The number of rotatable bonds is 0. The number of hydrogen-bond donors (Lipinski definition) is 1. The molecule has 0 unspecified atom stereocenters. The normalized spacial score (nSPS) is 8.22. The van der Waals surface area contributed by atoms with Crippen molar-refractivity contribution in [2.24, 2.45) is 0 Å². The van der Waals surface area contributed by atoms with Crippen LogP contribution in [0.3, 0.4) is 0 Å². The maximum atomic E-state index is 5.63. The van der Waals surface area contributed by atoms with Crippen molar-refractivity contribution in [3.05, 3.63) is 29.3 Å². The highest BCUT2D eigenvalue weighted by atomic mass is 35.5. The fraction of sp³-hybridized carbons (Fsp3) is 0. The third-order valence-corrected chi connectivity index (χ3v) is 1.70. The SMILES string of the molecule is O.Sc1ccccc1Cl. The van der Waals surface area contributed by atoms with Crippen molar-refractivity contribution in [3.8, 4) is 0 Å². The van der Waals surface area contributed by atoms with E-state index in [9.17, 15) is 0 Å². The van der Waals surface area contributed by atoms with Crippen LogP contribution in [0.15, 0.2) is 29.2 Å². The largest absolute Gasteiger partial charge is 0.412 e. The van der Waals surface area contributed by atoms with Gasteiger partial charge in [-0.2, -0.15) is 0 Å². The molecule has 0 bridgehead atoms. The lowest BCUT2D eigenvalue weighted by Gasteiger charge is -1.90. The molecular formula is C6H7ClOS. The van der Waals surface area contributed by atoms with Crippen molar-refractivity contribution < 1.29 is 5.48 Å². The highest BCUT2D eigenvalue weighted by Crippen LogP contribution is 2.17. The van der Waals surface area contributed by atoms with Crippen molar-refractivity contribution in [1.29, 1.82) is 0 Å². The first kappa shape index (κ1) is 8.82. The Morgan fingerprint density at radius 2 is 1.78 bits per heavy atom. The van der Waals surface area contributed by atoms with E-state index in [4.69, 9.17) is 11.6 Å². The summed E-state index contributed by atoms with van der Waals surface area (Å²) in [6, 6.07) is 7.44. The molecule has 0 fully saturated rings. The molecule has 0 radical (unpaired) electrons. The predicted molar refractivity (Wildman–Crippen MR) is 42.3 cm³/mol. The Kier molecular flexibility index (Phi) is 3.70. The van der Waals surface area contributed by atoms with Gasteiger partial charge in [-0.1, -0.05) is 23.7 Å². The van der Waals surface area contributed by atoms with E-state index in [-0.39, 0.29) is 5.48 Å². The number of halogens is 1. The van der Waals surface area contributed by atoms with Gasteiger partial charge in [0.15, 0.2) is 0 Å². The van der Waals surface area contributed by atoms with E-state index in [0.717, 1.165) is 4.90 Å². The summed E-state index contributed by atoms with van der Waals surface area (Å²) < 4.78 is 0. The zero-order valence-electron chi connectivity index (χ0n) is 4.63. The van der Waals surface area contributed by atoms with Gasteiger partial charge in [-0.05, 0) is 12.1 Å². The average Bonchev–Trinajstić information content (AvgIpc) is 1.77. The summed E-state index contributed by atoms with van der Waals surface area (Å²) in [6.07, 6.45) is 0. The first-order valence-electron chi connectivity index (χ1n) is 2.24. The molecule has 0 saturated carbocycles. The minimum Gasteiger partial charge on any atom is -0.412 e. The molecule has 1 aromatic carbocycles. The minimum atomic E-state index is 0. The van der Waals surface area contributed by atoms with Crippen molar-refractivity contribution in [2.75, 3.05) is 0 Å². The van der Waals surface area contributed by atoms with Gasteiger partial charge in [0.1, 0.15) is 0 Å². The topological polar surface area (TPSA) is 31.5 Å². The highest BCUT2D eigenvalue weighted by Gasteiger charge is 1.87. The molecule has 50 valence electrons. The van der Waals surface area contributed by atoms with Gasteiger partial charge in [-0.3, -0.25) is 0 Å². The Morgan fingerprint density at radius 1 is 1.22 bits per heavy atom. The average molecular weight is 163 g/mol. The molecule has 2 N–H and O–H groups in total. The van der Waals surface area contributed by atoms with Crippen LogP contribution in [0.25, 0.3) is 0 Å². The zero-order valence-corrected chi connectivity index (χ0v) is 6.28. The Bertz CT molecular complexity index is 169. The van der Waals surface area contributed by atoms with Crippen LogP contribution < -0.4 is 0 Å². The van der Waals surface area contributed by atoms with Crippen LogP contribution in [-0.2, 0) is 0 Å². The summed E-state index contributed by atoms with van der Waals surface area (Å²) in [5, 5.41) is 0.704. The second-order valence-corrected chi connectivity index (χ2v) is 2.34. The van der Waals surface area contributed by atoms with Gasteiger partial charge in [0.2, 0.25) is 0 Å². The first-order valence-corrected chi connectivity index (χ1v) is 3.07. The van der Waals surface area contributed by atoms with Crippen LogP contribution in [-0.4, -0.2) is 5.48 Å². The summed E-state index contributed by atoms with van der Waals surface area (Å²) in [4.78, 5) is 0.828.